The summed E-state index contributed by atoms with van der Waals surface area (Å²) in [5.41, 5.74) is 3.61. The average Bonchev–Trinajstić information content (AvgIpc) is 3.57. The molecule has 0 bridgehead atoms. The van der Waals surface area contributed by atoms with Crippen LogP contribution in [0.4, 0.5) is 4.39 Å². The van der Waals surface area contributed by atoms with Crippen LogP contribution in [0.2, 0.25) is 0 Å². The molecule has 36 heavy (non-hydrogen) atoms. The Kier molecular flexibility index (Phi) is 5.13. The molecular formula is C25H21FN6O4. The van der Waals surface area contributed by atoms with Crippen molar-refractivity contribution in [2.24, 2.45) is 0 Å². The van der Waals surface area contributed by atoms with Gasteiger partial charge in [0.1, 0.15) is 11.9 Å². The van der Waals surface area contributed by atoms with Crippen LogP contribution in [0.15, 0.2) is 42.6 Å². The van der Waals surface area contributed by atoms with Crippen LogP contribution in [0.3, 0.4) is 0 Å². The monoisotopic (exact) mass is 488 g/mol. The van der Waals surface area contributed by atoms with Gasteiger partial charge in [-0.3, -0.25) is 24.5 Å². The second kappa shape index (κ2) is 8.36. The van der Waals surface area contributed by atoms with E-state index in [9.17, 15) is 23.6 Å². The Balaban J connectivity index is 1.18. The normalized spacial score (nSPS) is 20.8. The first-order valence-electron chi connectivity index (χ1n) is 11.7. The molecular weight excluding hydrogens is 467 g/mol. The Labute approximate surface area is 204 Å². The lowest BCUT2D eigenvalue weighted by Crippen LogP contribution is -2.52. The number of nitrogens with zero attached hydrogens (tertiary/aromatic N) is 4. The highest BCUT2D eigenvalue weighted by molar-refractivity contribution is 6.05. The van der Waals surface area contributed by atoms with Crippen LogP contribution >= 0.6 is 0 Å². The largest absolute Gasteiger partial charge is 0.344 e. The number of halogens is 1. The molecule has 10 nitrogen and oxygen atoms in total. The van der Waals surface area contributed by atoms with Crippen LogP contribution < -0.4 is 10.6 Å². The maximum Gasteiger partial charge on any atom is 0.273 e. The van der Waals surface area contributed by atoms with E-state index in [1.54, 1.807) is 24.3 Å². The topological polar surface area (TPSA) is 126 Å². The standard InChI is InChI=1S/C25H21FN6O4/c26-15-4-1-13-3-6-19(17(13)9-15)27-23(34)20-12-32(30-29-20)16-5-2-14-11-31(25(36)18(14)10-16)21-7-8-22(33)28-24(21)35/h1-2,4-5,9-10,12,19,21H,3,6-8,11H2,(H,27,34)(H,28,33,35). The highest BCUT2D eigenvalue weighted by atomic mass is 19.1. The first-order chi connectivity index (χ1) is 17.4. The maximum atomic E-state index is 13.7. The molecule has 2 atom stereocenters. The summed E-state index contributed by atoms with van der Waals surface area (Å²) in [5.74, 6) is -1.87. The van der Waals surface area contributed by atoms with Crippen LogP contribution in [-0.4, -0.2) is 49.6 Å². The van der Waals surface area contributed by atoms with E-state index in [0.29, 0.717) is 17.7 Å². The van der Waals surface area contributed by atoms with Gasteiger partial charge in [-0.1, -0.05) is 17.3 Å². The van der Waals surface area contributed by atoms with E-state index in [4.69, 9.17) is 0 Å². The minimum absolute atomic E-state index is 0.0943. The van der Waals surface area contributed by atoms with Crippen molar-refractivity contribution in [2.45, 2.75) is 44.3 Å². The Morgan fingerprint density at radius 1 is 1.06 bits per heavy atom. The number of aryl methyl sites for hydroxylation is 1. The number of amides is 4. The molecule has 4 amide bonds. The first-order valence-corrected chi connectivity index (χ1v) is 11.7. The van der Waals surface area contributed by atoms with E-state index >= 15 is 0 Å². The third kappa shape index (κ3) is 3.72. The van der Waals surface area contributed by atoms with Gasteiger partial charge in [0.2, 0.25) is 11.8 Å². The second-order valence-electron chi connectivity index (χ2n) is 9.20. The van der Waals surface area contributed by atoms with Crippen molar-refractivity contribution >= 4 is 23.6 Å². The molecule has 6 rings (SSSR count). The van der Waals surface area contributed by atoms with Crippen molar-refractivity contribution in [3.05, 3.63) is 76.4 Å². The fourth-order valence-electron chi connectivity index (χ4n) is 5.13. The highest BCUT2D eigenvalue weighted by Gasteiger charge is 2.39. The van der Waals surface area contributed by atoms with Gasteiger partial charge in [0.25, 0.3) is 11.8 Å². The fraction of sp³-hybridized carbons (Fsp3) is 0.280. The minimum Gasteiger partial charge on any atom is -0.344 e. The average molecular weight is 488 g/mol. The van der Waals surface area contributed by atoms with E-state index < -0.39 is 17.9 Å². The zero-order chi connectivity index (χ0) is 25.0. The quantitative estimate of drug-likeness (QED) is 0.537. The summed E-state index contributed by atoms with van der Waals surface area (Å²) in [6.45, 7) is 0.273. The molecule has 2 unspecified atom stereocenters. The molecule has 3 aromatic rings. The molecule has 1 aliphatic carbocycles. The summed E-state index contributed by atoms with van der Waals surface area (Å²) in [7, 11) is 0. The number of fused-ring (bicyclic) bond motifs is 2. The van der Waals surface area contributed by atoms with Crippen LogP contribution in [-0.2, 0) is 22.6 Å². The number of hydrogen-bond donors (Lipinski definition) is 2. The highest BCUT2D eigenvalue weighted by Crippen LogP contribution is 2.32. The lowest BCUT2D eigenvalue weighted by molar-refractivity contribution is -0.136. The van der Waals surface area contributed by atoms with Gasteiger partial charge in [-0.05, 0) is 60.2 Å². The van der Waals surface area contributed by atoms with E-state index in [-0.39, 0.29) is 48.8 Å². The number of imide groups is 1. The van der Waals surface area contributed by atoms with E-state index in [0.717, 1.165) is 23.1 Å². The lowest BCUT2D eigenvalue weighted by atomic mass is 10.0. The third-order valence-corrected chi connectivity index (χ3v) is 6.99. The molecule has 11 heteroatoms. The summed E-state index contributed by atoms with van der Waals surface area (Å²) in [4.78, 5) is 51.0. The van der Waals surface area contributed by atoms with Crippen molar-refractivity contribution in [3.63, 3.8) is 0 Å². The number of aromatic nitrogens is 3. The molecule has 2 aromatic carbocycles. The second-order valence-corrected chi connectivity index (χ2v) is 9.20. The van der Waals surface area contributed by atoms with Gasteiger partial charge in [0.15, 0.2) is 5.69 Å². The number of carbonyl (C=O) groups excluding carboxylic acids is 4. The molecule has 0 spiro atoms. The van der Waals surface area contributed by atoms with Gasteiger partial charge < -0.3 is 10.2 Å². The summed E-state index contributed by atoms with van der Waals surface area (Å²) in [6, 6.07) is 8.79. The van der Waals surface area contributed by atoms with Crippen molar-refractivity contribution in [1.82, 2.24) is 30.5 Å². The van der Waals surface area contributed by atoms with Crippen LogP contribution in [0.1, 0.15) is 62.8 Å². The summed E-state index contributed by atoms with van der Waals surface area (Å²) >= 11 is 0. The van der Waals surface area contributed by atoms with Crippen molar-refractivity contribution < 1.29 is 23.6 Å². The zero-order valence-corrected chi connectivity index (χ0v) is 19.0. The number of rotatable bonds is 4. The van der Waals surface area contributed by atoms with Gasteiger partial charge in [-0.25, -0.2) is 9.07 Å². The SMILES string of the molecule is O=C1CCC(N2Cc3ccc(-n4cc(C(=O)NC5CCc6ccc(F)cc65)nn4)cc3C2=O)C(=O)N1. The van der Waals surface area contributed by atoms with Crippen molar-refractivity contribution in [1.29, 1.82) is 0 Å². The van der Waals surface area contributed by atoms with E-state index in [1.807, 2.05) is 0 Å². The lowest BCUT2D eigenvalue weighted by Gasteiger charge is -2.29. The van der Waals surface area contributed by atoms with Crippen molar-refractivity contribution in [2.75, 3.05) is 0 Å². The minimum atomic E-state index is -0.693. The maximum absolute atomic E-state index is 13.7. The predicted molar refractivity (Wildman–Crippen MR) is 122 cm³/mol. The summed E-state index contributed by atoms with van der Waals surface area (Å²) in [5, 5.41) is 13.2. The molecule has 182 valence electrons. The van der Waals surface area contributed by atoms with Gasteiger partial charge in [-0.2, -0.15) is 0 Å². The van der Waals surface area contributed by atoms with Crippen LogP contribution in [0.5, 0.6) is 0 Å². The number of piperidine rings is 1. The number of carbonyl (C=O) groups is 4. The van der Waals surface area contributed by atoms with Gasteiger partial charge in [0.05, 0.1) is 17.9 Å². The molecule has 0 saturated carbocycles. The third-order valence-electron chi connectivity index (χ3n) is 6.99. The first kappa shape index (κ1) is 22.1. The Morgan fingerprint density at radius 3 is 2.72 bits per heavy atom. The molecule has 1 aromatic heterocycles. The molecule has 2 aliphatic heterocycles. The smallest absolute Gasteiger partial charge is 0.273 e. The molecule has 0 radical (unpaired) electrons. The zero-order valence-electron chi connectivity index (χ0n) is 19.0. The van der Waals surface area contributed by atoms with Crippen LogP contribution in [0.25, 0.3) is 5.69 Å². The van der Waals surface area contributed by atoms with Crippen LogP contribution in [0, 0.1) is 5.82 Å². The van der Waals surface area contributed by atoms with Gasteiger partial charge in [0, 0.05) is 18.5 Å². The van der Waals surface area contributed by atoms with E-state index in [1.165, 1.54) is 27.9 Å². The molecule has 3 aliphatic rings. The van der Waals surface area contributed by atoms with Gasteiger partial charge in [-0.15, -0.1) is 5.10 Å². The number of hydrogen-bond acceptors (Lipinski definition) is 6. The summed E-state index contributed by atoms with van der Waals surface area (Å²) in [6.07, 6.45) is 3.38. The fourth-order valence-corrected chi connectivity index (χ4v) is 5.13. The molecule has 1 saturated heterocycles. The molecule has 1 fully saturated rings. The summed E-state index contributed by atoms with van der Waals surface area (Å²) < 4.78 is 15.1. The Hall–Kier alpha value is -4.41. The Bertz CT molecular complexity index is 1450. The molecule has 2 N–H and O–H groups in total. The molecule has 3 heterocycles. The number of nitrogens with one attached hydrogen (secondary N) is 2. The predicted octanol–water partition coefficient (Wildman–Crippen LogP) is 1.58. The Morgan fingerprint density at radius 2 is 1.89 bits per heavy atom. The van der Waals surface area contributed by atoms with Gasteiger partial charge >= 0.3 is 0 Å². The van der Waals surface area contributed by atoms with E-state index in [2.05, 4.69) is 20.9 Å². The number of benzene rings is 2. The van der Waals surface area contributed by atoms with Crippen molar-refractivity contribution in [3.8, 4) is 5.69 Å².